The maximum absolute atomic E-state index is 11.8. The fraction of sp³-hybridized carbons (Fsp3) is 0.417. The fourth-order valence-corrected chi connectivity index (χ4v) is 1.98. The van der Waals surface area contributed by atoms with Crippen LogP contribution in [-0.2, 0) is 0 Å². The molecular weight excluding hydrogens is 275 g/mol. The van der Waals surface area contributed by atoms with Gasteiger partial charge in [0.05, 0.1) is 5.02 Å². The largest absolute Gasteiger partial charge is 0.294 e. The molecule has 0 radical (unpaired) electrons. The van der Waals surface area contributed by atoms with Crippen LogP contribution in [0.25, 0.3) is 0 Å². The molecule has 0 N–H and O–H groups in total. The van der Waals surface area contributed by atoms with Crippen LogP contribution in [0.2, 0.25) is 5.02 Å². The summed E-state index contributed by atoms with van der Waals surface area (Å²) in [6, 6.07) is 5.39. The number of Topliss-reactive ketones (excluding diaryl/α,β-unsaturated/α-hetero) is 1. The summed E-state index contributed by atoms with van der Waals surface area (Å²) in [7, 11) is 0. The molecule has 0 amide bonds. The summed E-state index contributed by atoms with van der Waals surface area (Å²) in [5, 5.41) is 0.604. The Morgan fingerprint density at radius 3 is 2.80 bits per heavy atom. The van der Waals surface area contributed by atoms with Gasteiger partial charge >= 0.3 is 0 Å². The Kier molecular flexibility index (Phi) is 3.47. The first-order chi connectivity index (χ1) is 7.16. The average molecular weight is 288 g/mol. The van der Waals surface area contributed by atoms with E-state index in [1.165, 1.54) is 12.8 Å². The van der Waals surface area contributed by atoms with Crippen LogP contribution in [0.1, 0.15) is 36.0 Å². The number of hydrogen-bond acceptors (Lipinski definition) is 1. The Morgan fingerprint density at radius 2 is 2.20 bits per heavy atom. The third-order valence-electron chi connectivity index (χ3n) is 2.72. The van der Waals surface area contributed by atoms with Crippen LogP contribution in [0.15, 0.2) is 22.7 Å². The maximum atomic E-state index is 11.8. The van der Waals surface area contributed by atoms with E-state index < -0.39 is 0 Å². The van der Waals surface area contributed by atoms with Crippen molar-refractivity contribution in [2.24, 2.45) is 5.92 Å². The molecule has 1 saturated carbocycles. The predicted molar refractivity (Wildman–Crippen MR) is 65.4 cm³/mol. The van der Waals surface area contributed by atoms with Crippen molar-refractivity contribution in [2.75, 3.05) is 0 Å². The van der Waals surface area contributed by atoms with Crippen molar-refractivity contribution < 1.29 is 4.79 Å². The SMILES string of the molecule is O=C(CCC1CC1)c1ccc(Br)c(Cl)c1. The van der Waals surface area contributed by atoms with Gasteiger partial charge in [-0.25, -0.2) is 0 Å². The molecule has 15 heavy (non-hydrogen) atoms. The van der Waals surface area contributed by atoms with Crippen molar-refractivity contribution in [3.05, 3.63) is 33.3 Å². The second-order valence-electron chi connectivity index (χ2n) is 4.03. The second-order valence-corrected chi connectivity index (χ2v) is 5.30. The highest BCUT2D eigenvalue weighted by molar-refractivity contribution is 9.10. The van der Waals surface area contributed by atoms with Crippen molar-refractivity contribution in [3.8, 4) is 0 Å². The van der Waals surface area contributed by atoms with Crippen LogP contribution in [0.5, 0.6) is 0 Å². The monoisotopic (exact) mass is 286 g/mol. The summed E-state index contributed by atoms with van der Waals surface area (Å²) in [5.74, 6) is 1.01. The fourth-order valence-electron chi connectivity index (χ4n) is 1.56. The molecule has 3 heteroatoms. The number of halogens is 2. The number of carbonyl (C=O) groups excluding carboxylic acids is 1. The van der Waals surface area contributed by atoms with E-state index in [2.05, 4.69) is 15.9 Å². The zero-order valence-corrected chi connectivity index (χ0v) is 10.6. The maximum Gasteiger partial charge on any atom is 0.162 e. The number of carbonyl (C=O) groups is 1. The minimum atomic E-state index is 0.205. The normalized spacial score (nSPS) is 15.3. The highest BCUT2D eigenvalue weighted by atomic mass is 79.9. The quantitative estimate of drug-likeness (QED) is 0.746. The zero-order valence-electron chi connectivity index (χ0n) is 8.30. The number of hydrogen-bond donors (Lipinski definition) is 0. The Hall–Kier alpha value is -0.340. The lowest BCUT2D eigenvalue weighted by atomic mass is 10.1. The van der Waals surface area contributed by atoms with Crippen molar-refractivity contribution in [1.82, 2.24) is 0 Å². The molecule has 1 aliphatic rings. The molecule has 0 unspecified atom stereocenters. The van der Waals surface area contributed by atoms with Crippen LogP contribution in [0.3, 0.4) is 0 Å². The standard InChI is InChI=1S/C12H12BrClO/c13-10-5-4-9(7-11(10)14)12(15)6-3-8-1-2-8/h4-5,7-8H,1-3,6H2. The minimum Gasteiger partial charge on any atom is -0.294 e. The molecule has 1 fully saturated rings. The van der Waals surface area contributed by atoms with Gasteiger partial charge in [-0.2, -0.15) is 0 Å². The topological polar surface area (TPSA) is 17.1 Å². The molecule has 0 bridgehead atoms. The third kappa shape index (κ3) is 3.05. The van der Waals surface area contributed by atoms with Crippen LogP contribution < -0.4 is 0 Å². The van der Waals surface area contributed by atoms with E-state index in [9.17, 15) is 4.79 Å². The van der Waals surface area contributed by atoms with Gasteiger partial charge < -0.3 is 0 Å². The molecule has 0 spiro atoms. The highest BCUT2D eigenvalue weighted by Gasteiger charge is 2.22. The molecule has 0 heterocycles. The number of rotatable bonds is 4. The Balaban J connectivity index is 2.00. The molecule has 1 aliphatic carbocycles. The van der Waals surface area contributed by atoms with Gasteiger partial charge in [-0.15, -0.1) is 0 Å². The van der Waals surface area contributed by atoms with Crippen LogP contribution in [0, 0.1) is 5.92 Å². The average Bonchev–Trinajstić information content (AvgIpc) is 3.02. The molecule has 0 saturated heterocycles. The van der Waals surface area contributed by atoms with Crippen LogP contribution in [0.4, 0.5) is 0 Å². The first-order valence-corrected chi connectivity index (χ1v) is 6.32. The summed E-state index contributed by atoms with van der Waals surface area (Å²) in [6.45, 7) is 0. The predicted octanol–water partition coefficient (Wildman–Crippen LogP) is 4.48. The molecule has 1 aromatic rings. The van der Waals surface area contributed by atoms with Gasteiger partial charge in [-0.05, 0) is 40.4 Å². The van der Waals surface area contributed by atoms with Crippen LogP contribution >= 0.6 is 27.5 Å². The summed E-state index contributed by atoms with van der Waals surface area (Å²) < 4.78 is 0.836. The first kappa shape index (κ1) is 11.2. The van der Waals surface area contributed by atoms with E-state index in [4.69, 9.17) is 11.6 Å². The second kappa shape index (κ2) is 4.67. The zero-order chi connectivity index (χ0) is 10.8. The van der Waals surface area contributed by atoms with E-state index in [0.717, 1.165) is 22.4 Å². The van der Waals surface area contributed by atoms with Gasteiger partial charge in [-0.1, -0.05) is 30.5 Å². The Morgan fingerprint density at radius 1 is 1.47 bits per heavy atom. The lowest BCUT2D eigenvalue weighted by molar-refractivity contribution is 0.0978. The van der Waals surface area contributed by atoms with Gasteiger partial charge in [0, 0.05) is 16.5 Å². The molecule has 0 aliphatic heterocycles. The van der Waals surface area contributed by atoms with E-state index in [-0.39, 0.29) is 5.78 Å². The summed E-state index contributed by atoms with van der Waals surface area (Å²) in [5.41, 5.74) is 0.726. The van der Waals surface area contributed by atoms with Gasteiger partial charge in [0.1, 0.15) is 0 Å². The molecule has 0 atom stereocenters. The van der Waals surface area contributed by atoms with Gasteiger partial charge in [0.25, 0.3) is 0 Å². The molecule has 2 rings (SSSR count). The van der Waals surface area contributed by atoms with E-state index in [0.29, 0.717) is 11.4 Å². The molecule has 1 aromatic carbocycles. The molecule has 1 nitrogen and oxygen atoms in total. The molecule has 80 valence electrons. The van der Waals surface area contributed by atoms with Gasteiger partial charge in [-0.3, -0.25) is 4.79 Å². The van der Waals surface area contributed by atoms with Crippen molar-refractivity contribution >= 4 is 33.3 Å². The minimum absolute atomic E-state index is 0.205. The van der Waals surface area contributed by atoms with E-state index in [1.807, 2.05) is 12.1 Å². The first-order valence-electron chi connectivity index (χ1n) is 5.15. The third-order valence-corrected chi connectivity index (χ3v) is 3.95. The van der Waals surface area contributed by atoms with Crippen molar-refractivity contribution in [1.29, 1.82) is 0 Å². The Labute approximate surface area is 103 Å². The summed E-state index contributed by atoms with van der Waals surface area (Å²) in [6.07, 6.45) is 4.29. The smallest absolute Gasteiger partial charge is 0.162 e. The van der Waals surface area contributed by atoms with Gasteiger partial charge in [0.2, 0.25) is 0 Å². The lowest BCUT2D eigenvalue weighted by Gasteiger charge is -2.02. The van der Waals surface area contributed by atoms with Crippen molar-refractivity contribution in [2.45, 2.75) is 25.7 Å². The van der Waals surface area contributed by atoms with E-state index >= 15 is 0 Å². The summed E-state index contributed by atoms with van der Waals surface area (Å²) >= 11 is 9.24. The number of ketones is 1. The van der Waals surface area contributed by atoms with E-state index in [1.54, 1.807) is 6.07 Å². The highest BCUT2D eigenvalue weighted by Crippen LogP contribution is 2.34. The van der Waals surface area contributed by atoms with Crippen LogP contribution in [-0.4, -0.2) is 5.78 Å². The molecular formula is C12H12BrClO. The Bertz CT molecular complexity index is 385. The van der Waals surface area contributed by atoms with Crippen molar-refractivity contribution in [3.63, 3.8) is 0 Å². The number of benzene rings is 1. The lowest BCUT2D eigenvalue weighted by Crippen LogP contribution is -1.99. The summed E-state index contributed by atoms with van der Waals surface area (Å²) in [4.78, 5) is 11.8. The van der Waals surface area contributed by atoms with Gasteiger partial charge in [0.15, 0.2) is 5.78 Å². The molecule has 0 aromatic heterocycles.